The van der Waals surface area contributed by atoms with Crippen molar-refractivity contribution in [2.24, 2.45) is 0 Å². The van der Waals surface area contributed by atoms with Crippen LogP contribution in [0, 0.1) is 0 Å². The van der Waals surface area contributed by atoms with Gasteiger partial charge in [0.05, 0.1) is 6.67 Å². The molecule has 2 nitrogen and oxygen atoms in total. The third-order valence-electron chi connectivity index (χ3n) is 2.60. The molecule has 90 valence electrons. The second-order valence-electron chi connectivity index (χ2n) is 4.02. The largest absolute Gasteiger partial charge is 0.398 e. The minimum absolute atomic E-state index is 0.246. The zero-order chi connectivity index (χ0) is 11.8. The Morgan fingerprint density at radius 1 is 1.25 bits per heavy atom. The summed E-state index contributed by atoms with van der Waals surface area (Å²) in [6, 6.07) is 7.87. The van der Waals surface area contributed by atoms with Crippen molar-refractivity contribution in [2.45, 2.75) is 26.3 Å². The van der Waals surface area contributed by atoms with Gasteiger partial charge in [-0.15, -0.1) is 0 Å². The average Bonchev–Trinajstić information content (AvgIpc) is 2.29. The number of hydrogen-bond donors (Lipinski definition) is 1. The summed E-state index contributed by atoms with van der Waals surface area (Å²) in [5.41, 5.74) is 7.85. The van der Waals surface area contributed by atoms with Crippen LogP contribution in [0.25, 0.3) is 0 Å². The number of nitrogen functional groups attached to an aromatic ring is 1. The molecule has 16 heavy (non-hydrogen) atoms. The summed E-state index contributed by atoms with van der Waals surface area (Å²) in [6.07, 6.45) is 1.69. The van der Waals surface area contributed by atoms with Gasteiger partial charge in [-0.1, -0.05) is 25.1 Å². The number of halogens is 1. The van der Waals surface area contributed by atoms with Crippen LogP contribution in [0.5, 0.6) is 0 Å². The molecule has 1 rings (SSSR count). The predicted octanol–water partition coefficient (Wildman–Crippen LogP) is 2.84. The summed E-state index contributed by atoms with van der Waals surface area (Å²) in [6.45, 7) is 4.51. The van der Waals surface area contributed by atoms with Crippen LogP contribution in [-0.4, -0.2) is 24.7 Å². The summed E-state index contributed by atoms with van der Waals surface area (Å²) in [7, 11) is 0. The molecule has 2 N–H and O–H groups in total. The van der Waals surface area contributed by atoms with E-state index in [0.29, 0.717) is 6.42 Å². The fraction of sp³-hybridized carbons (Fsp3) is 0.538. The van der Waals surface area contributed by atoms with Gasteiger partial charge in [0, 0.05) is 18.8 Å². The van der Waals surface area contributed by atoms with Crippen LogP contribution in [0.1, 0.15) is 25.3 Å². The zero-order valence-corrected chi connectivity index (χ0v) is 9.95. The van der Waals surface area contributed by atoms with Gasteiger partial charge in [-0.2, -0.15) is 0 Å². The SMILES string of the molecule is CCCN(CCCF)Cc1ccccc1N. The summed E-state index contributed by atoms with van der Waals surface area (Å²) >= 11 is 0. The normalized spacial score (nSPS) is 10.9. The highest BCUT2D eigenvalue weighted by Gasteiger charge is 2.06. The number of nitrogens with two attached hydrogens (primary N) is 1. The first-order valence-electron chi connectivity index (χ1n) is 5.89. The fourth-order valence-corrected chi connectivity index (χ4v) is 1.79. The summed E-state index contributed by atoms with van der Waals surface area (Å²) in [5, 5.41) is 0. The van der Waals surface area contributed by atoms with E-state index in [9.17, 15) is 4.39 Å². The van der Waals surface area contributed by atoms with E-state index < -0.39 is 0 Å². The molecule has 0 heterocycles. The molecule has 0 fully saturated rings. The van der Waals surface area contributed by atoms with Crippen molar-refractivity contribution in [3.05, 3.63) is 29.8 Å². The molecule has 0 radical (unpaired) electrons. The van der Waals surface area contributed by atoms with Gasteiger partial charge < -0.3 is 5.73 Å². The van der Waals surface area contributed by atoms with E-state index >= 15 is 0 Å². The van der Waals surface area contributed by atoms with Crippen LogP contribution in [0.4, 0.5) is 10.1 Å². The van der Waals surface area contributed by atoms with Gasteiger partial charge in [-0.3, -0.25) is 9.29 Å². The topological polar surface area (TPSA) is 29.3 Å². The monoisotopic (exact) mass is 224 g/mol. The first kappa shape index (κ1) is 13.0. The lowest BCUT2D eigenvalue weighted by Crippen LogP contribution is -2.26. The highest BCUT2D eigenvalue weighted by molar-refractivity contribution is 5.46. The Balaban J connectivity index is 2.56. The maximum absolute atomic E-state index is 12.2. The molecule has 0 saturated carbocycles. The van der Waals surface area contributed by atoms with Crippen LogP contribution in [0.2, 0.25) is 0 Å². The Labute approximate surface area is 97.3 Å². The Kier molecular flexibility index (Phi) is 5.86. The quantitative estimate of drug-likeness (QED) is 0.722. The minimum Gasteiger partial charge on any atom is -0.398 e. The third kappa shape index (κ3) is 4.19. The molecule has 0 unspecified atom stereocenters. The van der Waals surface area contributed by atoms with Crippen LogP contribution >= 0.6 is 0 Å². The Morgan fingerprint density at radius 2 is 2.00 bits per heavy atom. The minimum atomic E-state index is -0.246. The maximum Gasteiger partial charge on any atom is 0.0906 e. The molecule has 0 spiro atoms. The third-order valence-corrected chi connectivity index (χ3v) is 2.60. The lowest BCUT2D eigenvalue weighted by molar-refractivity contribution is 0.252. The molecule has 0 saturated heterocycles. The molecule has 0 aliphatic carbocycles. The highest BCUT2D eigenvalue weighted by atomic mass is 19.1. The van der Waals surface area contributed by atoms with Gasteiger partial charge in [0.1, 0.15) is 0 Å². The molecule has 0 aliphatic rings. The molecule has 3 heteroatoms. The number of alkyl halides is 1. The van der Waals surface area contributed by atoms with Crippen molar-refractivity contribution < 1.29 is 4.39 Å². The van der Waals surface area contributed by atoms with Crippen molar-refractivity contribution in [1.29, 1.82) is 0 Å². The highest BCUT2D eigenvalue weighted by Crippen LogP contribution is 2.13. The lowest BCUT2D eigenvalue weighted by Gasteiger charge is -2.21. The van der Waals surface area contributed by atoms with E-state index in [4.69, 9.17) is 5.73 Å². The van der Waals surface area contributed by atoms with E-state index in [-0.39, 0.29) is 6.67 Å². The van der Waals surface area contributed by atoms with E-state index in [2.05, 4.69) is 11.8 Å². The molecule has 0 bridgehead atoms. The van der Waals surface area contributed by atoms with Gasteiger partial charge in [0.25, 0.3) is 0 Å². The molecule has 1 aromatic carbocycles. The van der Waals surface area contributed by atoms with Gasteiger partial charge >= 0.3 is 0 Å². The first-order chi connectivity index (χ1) is 7.77. The van der Waals surface area contributed by atoms with E-state index in [1.165, 1.54) is 0 Å². The molecular weight excluding hydrogens is 203 g/mol. The van der Waals surface area contributed by atoms with Crippen molar-refractivity contribution in [3.63, 3.8) is 0 Å². The van der Waals surface area contributed by atoms with E-state index in [1.807, 2.05) is 24.3 Å². The number of anilines is 1. The lowest BCUT2D eigenvalue weighted by atomic mass is 10.1. The number of para-hydroxylation sites is 1. The molecule has 1 aromatic rings. The number of benzene rings is 1. The summed E-state index contributed by atoms with van der Waals surface area (Å²) in [5.74, 6) is 0. The van der Waals surface area contributed by atoms with E-state index in [0.717, 1.165) is 37.3 Å². The van der Waals surface area contributed by atoms with Crippen molar-refractivity contribution in [2.75, 3.05) is 25.5 Å². The number of nitrogens with zero attached hydrogens (tertiary/aromatic N) is 1. The van der Waals surface area contributed by atoms with Gasteiger partial charge in [-0.05, 0) is 31.0 Å². The number of hydrogen-bond acceptors (Lipinski definition) is 2. The second-order valence-corrected chi connectivity index (χ2v) is 4.02. The average molecular weight is 224 g/mol. The second kappa shape index (κ2) is 7.23. The fourth-order valence-electron chi connectivity index (χ4n) is 1.79. The molecule has 0 aliphatic heterocycles. The smallest absolute Gasteiger partial charge is 0.0906 e. The molecule has 0 aromatic heterocycles. The Morgan fingerprint density at radius 3 is 2.62 bits per heavy atom. The summed E-state index contributed by atoms with van der Waals surface area (Å²) in [4.78, 5) is 2.26. The molecular formula is C13H21FN2. The van der Waals surface area contributed by atoms with Crippen molar-refractivity contribution in [3.8, 4) is 0 Å². The van der Waals surface area contributed by atoms with Crippen molar-refractivity contribution >= 4 is 5.69 Å². The van der Waals surface area contributed by atoms with Gasteiger partial charge in [0.2, 0.25) is 0 Å². The number of rotatable bonds is 7. The van der Waals surface area contributed by atoms with Crippen LogP contribution < -0.4 is 5.73 Å². The Bertz CT molecular complexity index is 302. The molecule has 0 amide bonds. The first-order valence-corrected chi connectivity index (χ1v) is 5.89. The van der Waals surface area contributed by atoms with Crippen molar-refractivity contribution in [1.82, 2.24) is 4.90 Å². The Hall–Kier alpha value is -1.09. The van der Waals surface area contributed by atoms with Crippen LogP contribution in [0.3, 0.4) is 0 Å². The van der Waals surface area contributed by atoms with E-state index in [1.54, 1.807) is 0 Å². The zero-order valence-electron chi connectivity index (χ0n) is 9.95. The van der Waals surface area contributed by atoms with Crippen LogP contribution in [0.15, 0.2) is 24.3 Å². The standard InChI is InChI=1S/C13H21FN2/c1-2-9-16(10-5-8-14)11-12-6-3-4-7-13(12)15/h3-4,6-7H,2,5,8-11,15H2,1H3. The van der Waals surface area contributed by atoms with Gasteiger partial charge in [0.15, 0.2) is 0 Å². The predicted molar refractivity (Wildman–Crippen MR) is 67.0 cm³/mol. The summed E-state index contributed by atoms with van der Waals surface area (Å²) < 4.78 is 12.2. The maximum atomic E-state index is 12.2. The van der Waals surface area contributed by atoms with Crippen LogP contribution in [-0.2, 0) is 6.54 Å². The van der Waals surface area contributed by atoms with Gasteiger partial charge in [-0.25, -0.2) is 0 Å². The molecule has 0 atom stereocenters.